The normalized spacial score (nSPS) is 10.9. The second-order valence-electron chi connectivity index (χ2n) is 9.66. The van der Waals surface area contributed by atoms with E-state index in [-0.39, 0.29) is 31.1 Å². The lowest BCUT2D eigenvalue weighted by atomic mass is 10.1. The van der Waals surface area contributed by atoms with Crippen LogP contribution >= 0.6 is 31.9 Å². The number of amides is 1. The van der Waals surface area contributed by atoms with Crippen LogP contribution in [0, 0.1) is 0 Å². The Labute approximate surface area is 272 Å². The van der Waals surface area contributed by atoms with Crippen molar-refractivity contribution in [1.82, 2.24) is 5.43 Å². The highest BCUT2D eigenvalue weighted by Crippen LogP contribution is 2.40. The van der Waals surface area contributed by atoms with E-state index < -0.39 is 5.91 Å². The van der Waals surface area contributed by atoms with E-state index in [9.17, 15) is 9.90 Å². The fourth-order valence-electron chi connectivity index (χ4n) is 4.15. The molecule has 44 heavy (non-hydrogen) atoms. The Hall–Kier alpha value is -4.60. The van der Waals surface area contributed by atoms with E-state index in [2.05, 4.69) is 42.4 Å². The molecule has 0 spiro atoms. The van der Waals surface area contributed by atoms with Crippen molar-refractivity contribution in [3.63, 3.8) is 0 Å². The summed E-state index contributed by atoms with van der Waals surface area (Å²) in [6.45, 7) is 0.792. The minimum atomic E-state index is -0.470. The van der Waals surface area contributed by atoms with E-state index in [0.717, 1.165) is 16.7 Å². The average molecular weight is 716 g/mol. The van der Waals surface area contributed by atoms with Crippen LogP contribution in [-0.4, -0.2) is 17.2 Å². The van der Waals surface area contributed by atoms with Gasteiger partial charge < -0.3 is 19.3 Å². The Morgan fingerprint density at radius 3 is 1.57 bits per heavy atom. The summed E-state index contributed by atoms with van der Waals surface area (Å²) < 4.78 is 19.8. The molecule has 0 aliphatic rings. The molecule has 9 heteroatoms. The molecular formula is C35H28Br2N2O5. The molecule has 7 nitrogen and oxygen atoms in total. The zero-order chi connectivity index (χ0) is 30.7. The summed E-state index contributed by atoms with van der Waals surface area (Å²) in [6, 6.07) is 35.9. The summed E-state index contributed by atoms with van der Waals surface area (Å²) >= 11 is 6.60. The van der Waals surface area contributed by atoms with Crippen molar-refractivity contribution in [2.24, 2.45) is 5.10 Å². The number of hydrogen-bond donors (Lipinski definition) is 2. The van der Waals surface area contributed by atoms with E-state index in [4.69, 9.17) is 14.2 Å². The average Bonchev–Trinajstić information content (AvgIpc) is 3.05. The maximum atomic E-state index is 13.3. The van der Waals surface area contributed by atoms with Gasteiger partial charge in [-0.25, -0.2) is 5.43 Å². The first-order valence-electron chi connectivity index (χ1n) is 13.7. The minimum Gasteiger partial charge on any atom is -0.506 e. The Balaban J connectivity index is 1.45. The molecule has 0 saturated carbocycles. The molecule has 0 saturated heterocycles. The van der Waals surface area contributed by atoms with Gasteiger partial charge in [0.25, 0.3) is 5.91 Å². The Morgan fingerprint density at radius 2 is 1.11 bits per heavy atom. The van der Waals surface area contributed by atoms with Crippen LogP contribution in [0.3, 0.4) is 0 Å². The van der Waals surface area contributed by atoms with Crippen LogP contribution in [0.15, 0.2) is 129 Å². The number of nitrogens with one attached hydrogen (secondary N) is 1. The van der Waals surface area contributed by atoms with E-state index in [0.29, 0.717) is 31.8 Å². The molecule has 0 heterocycles. The van der Waals surface area contributed by atoms with Gasteiger partial charge >= 0.3 is 0 Å². The highest BCUT2D eigenvalue weighted by atomic mass is 79.9. The third-order valence-electron chi connectivity index (χ3n) is 6.40. The summed E-state index contributed by atoms with van der Waals surface area (Å²) in [5.41, 5.74) is 6.38. The number of rotatable bonds is 12. The van der Waals surface area contributed by atoms with Crippen LogP contribution in [0.2, 0.25) is 0 Å². The molecule has 0 aliphatic heterocycles. The van der Waals surface area contributed by atoms with Gasteiger partial charge in [0.05, 0.1) is 15.2 Å². The van der Waals surface area contributed by atoms with Crippen LogP contribution < -0.4 is 19.6 Å². The maximum absolute atomic E-state index is 13.3. The lowest BCUT2D eigenvalue weighted by Gasteiger charge is -2.19. The standard InChI is InChI=1S/C35H28Br2N2O5/c36-29-16-27(17-30(37)33(29)40)20-38-39-35(41)28-18-31(42-21-24-10-4-1-5-11-24)34(44-23-26-14-8-3-9-15-26)32(19-28)43-22-25-12-6-2-7-13-25/h1-20,40H,21-23H2,(H,39,41)/b38-20+. The van der Waals surface area contributed by atoms with E-state index in [1.165, 1.54) is 6.21 Å². The Kier molecular flexibility index (Phi) is 10.7. The molecule has 0 aliphatic carbocycles. The number of phenols is 1. The summed E-state index contributed by atoms with van der Waals surface area (Å²) in [4.78, 5) is 13.3. The van der Waals surface area contributed by atoms with E-state index in [1.807, 2.05) is 91.0 Å². The summed E-state index contributed by atoms with van der Waals surface area (Å²) in [5, 5.41) is 14.1. The number of hydrogen-bond acceptors (Lipinski definition) is 6. The molecule has 0 unspecified atom stereocenters. The quantitative estimate of drug-likeness (QED) is 0.100. The van der Waals surface area contributed by atoms with Crippen molar-refractivity contribution in [3.8, 4) is 23.0 Å². The predicted octanol–water partition coefficient (Wildman–Crippen LogP) is 8.42. The van der Waals surface area contributed by atoms with Crippen LogP contribution in [0.25, 0.3) is 0 Å². The topological polar surface area (TPSA) is 89.4 Å². The second kappa shape index (κ2) is 15.2. The number of hydrazone groups is 1. The zero-order valence-electron chi connectivity index (χ0n) is 23.5. The van der Waals surface area contributed by atoms with Crippen LogP contribution in [-0.2, 0) is 19.8 Å². The number of carbonyl (C=O) groups is 1. The molecule has 5 rings (SSSR count). The number of halogens is 2. The SMILES string of the molecule is O=C(N/N=C/c1cc(Br)c(O)c(Br)c1)c1cc(OCc2ccccc2)c(OCc2ccccc2)c(OCc2ccccc2)c1. The third-order valence-corrected chi connectivity index (χ3v) is 7.61. The van der Waals surface area contributed by atoms with Crippen molar-refractivity contribution in [2.75, 3.05) is 0 Å². The molecule has 0 bridgehead atoms. The van der Waals surface area contributed by atoms with Gasteiger partial charge in [-0.15, -0.1) is 0 Å². The largest absolute Gasteiger partial charge is 0.506 e. The lowest BCUT2D eigenvalue weighted by molar-refractivity contribution is 0.0953. The van der Waals surface area contributed by atoms with Gasteiger partial charge in [0.15, 0.2) is 11.5 Å². The van der Waals surface area contributed by atoms with Crippen molar-refractivity contribution < 1.29 is 24.1 Å². The first-order valence-corrected chi connectivity index (χ1v) is 15.2. The molecule has 0 fully saturated rings. The summed E-state index contributed by atoms with van der Waals surface area (Å²) in [6.07, 6.45) is 1.48. The maximum Gasteiger partial charge on any atom is 0.271 e. The molecule has 0 radical (unpaired) electrons. The van der Waals surface area contributed by atoms with Crippen molar-refractivity contribution in [1.29, 1.82) is 0 Å². The van der Waals surface area contributed by atoms with Crippen LogP contribution in [0.4, 0.5) is 0 Å². The lowest BCUT2D eigenvalue weighted by Crippen LogP contribution is -2.18. The van der Waals surface area contributed by atoms with Crippen molar-refractivity contribution in [2.45, 2.75) is 19.8 Å². The van der Waals surface area contributed by atoms with E-state index in [1.54, 1.807) is 24.3 Å². The summed E-state index contributed by atoms with van der Waals surface area (Å²) in [7, 11) is 0. The van der Waals surface area contributed by atoms with Crippen molar-refractivity contribution in [3.05, 3.63) is 152 Å². The van der Waals surface area contributed by atoms with Gasteiger partial charge in [0, 0.05) is 5.56 Å². The molecule has 0 aromatic heterocycles. The predicted molar refractivity (Wildman–Crippen MR) is 177 cm³/mol. The molecule has 0 atom stereocenters. The van der Waals surface area contributed by atoms with Crippen LogP contribution in [0.5, 0.6) is 23.0 Å². The van der Waals surface area contributed by atoms with Gasteiger partial charge in [-0.3, -0.25) is 4.79 Å². The van der Waals surface area contributed by atoms with Crippen molar-refractivity contribution >= 4 is 44.0 Å². The fraction of sp³-hybridized carbons (Fsp3) is 0.0857. The third kappa shape index (κ3) is 8.49. The molecule has 2 N–H and O–H groups in total. The number of nitrogens with zero attached hydrogens (tertiary/aromatic N) is 1. The molecule has 222 valence electrons. The van der Waals surface area contributed by atoms with Gasteiger partial charge in [-0.1, -0.05) is 91.0 Å². The molecule has 1 amide bonds. The number of benzene rings is 5. The smallest absolute Gasteiger partial charge is 0.271 e. The zero-order valence-corrected chi connectivity index (χ0v) is 26.6. The fourth-order valence-corrected chi connectivity index (χ4v) is 5.38. The Bertz CT molecular complexity index is 1650. The number of ether oxygens (including phenoxy) is 3. The minimum absolute atomic E-state index is 0.0758. The number of aromatic hydroxyl groups is 1. The highest BCUT2D eigenvalue weighted by molar-refractivity contribution is 9.11. The van der Waals surface area contributed by atoms with Gasteiger partial charge in [0.2, 0.25) is 5.75 Å². The number of carbonyl (C=O) groups excluding carboxylic acids is 1. The first-order chi connectivity index (χ1) is 21.5. The van der Waals surface area contributed by atoms with E-state index >= 15 is 0 Å². The highest BCUT2D eigenvalue weighted by Gasteiger charge is 2.20. The molecular weight excluding hydrogens is 688 g/mol. The molecule has 5 aromatic rings. The summed E-state index contributed by atoms with van der Waals surface area (Å²) in [5.74, 6) is 0.708. The second-order valence-corrected chi connectivity index (χ2v) is 11.4. The first kappa shape index (κ1) is 30.8. The molecule has 5 aromatic carbocycles. The van der Waals surface area contributed by atoms with Gasteiger partial charge in [0.1, 0.15) is 25.6 Å². The van der Waals surface area contributed by atoms with Crippen LogP contribution in [0.1, 0.15) is 32.6 Å². The number of phenolic OH excluding ortho intramolecular Hbond substituents is 1. The Morgan fingerprint density at radius 1 is 0.682 bits per heavy atom. The van der Waals surface area contributed by atoms with Gasteiger partial charge in [-0.2, -0.15) is 5.10 Å². The monoisotopic (exact) mass is 714 g/mol. The van der Waals surface area contributed by atoms with Gasteiger partial charge in [-0.05, 0) is 78.4 Å².